The van der Waals surface area contributed by atoms with Crippen molar-refractivity contribution in [3.8, 4) is 0 Å². The molecule has 0 aliphatic carbocycles. The number of nitrogens with one attached hydrogen (secondary N) is 3. The van der Waals surface area contributed by atoms with Crippen LogP contribution in [0.25, 0.3) is 5.70 Å². The standard InChI is InChI=1S/C22H27N5S.C2H6/c1-14-10-18-22(28-14)20(27-13-19-21(27)12-24-19)11-17(25-18)15-2-4-16(5-3-15)26-8-6-23-7-9-26;1-2/h2-5,10-11,17,19,21,23-25H,6-9,12-13H2,1H3;1-2H3. The Kier molecular flexibility index (Phi) is 5.48. The molecule has 30 heavy (non-hydrogen) atoms. The van der Waals surface area contributed by atoms with Crippen LogP contribution >= 0.6 is 11.3 Å². The SMILES string of the molecule is CC.Cc1cc2c(s1)C(N1CC3NCC31)=CC(c1ccc(N3CCNCC3)cc1)N2. The summed E-state index contributed by atoms with van der Waals surface area (Å²) in [6.07, 6.45) is 2.45. The zero-order valence-electron chi connectivity index (χ0n) is 18.2. The Morgan fingerprint density at radius 2 is 1.83 bits per heavy atom. The Balaban J connectivity index is 0.000000937. The number of piperazine rings is 2. The molecule has 3 fully saturated rings. The van der Waals surface area contributed by atoms with Gasteiger partial charge in [0.05, 0.1) is 28.3 Å². The van der Waals surface area contributed by atoms with Crippen molar-refractivity contribution in [1.29, 1.82) is 0 Å². The Bertz CT molecular complexity index is 912. The van der Waals surface area contributed by atoms with Gasteiger partial charge in [-0.25, -0.2) is 0 Å². The number of benzene rings is 1. The fourth-order valence-electron chi connectivity index (χ4n) is 4.87. The van der Waals surface area contributed by atoms with Crippen LogP contribution in [0.4, 0.5) is 11.4 Å². The highest BCUT2D eigenvalue weighted by molar-refractivity contribution is 7.13. The molecule has 4 aliphatic rings. The monoisotopic (exact) mass is 423 g/mol. The van der Waals surface area contributed by atoms with E-state index in [1.165, 1.54) is 32.4 Å². The first kappa shape index (κ1) is 19.9. The molecule has 5 nitrogen and oxygen atoms in total. The first-order valence-electron chi connectivity index (χ1n) is 11.4. The summed E-state index contributed by atoms with van der Waals surface area (Å²) < 4.78 is 0. The second-order valence-electron chi connectivity index (χ2n) is 8.34. The Morgan fingerprint density at radius 3 is 2.47 bits per heavy atom. The van der Waals surface area contributed by atoms with Crippen LogP contribution in [0.3, 0.4) is 0 Å². The minimum absolute atomic E-state index is 0.237. The molecule has 3 unspecified atom stereocenters. The molecule has 3 atom stereocenters. The van der Waals surface area contributed by atoms with E-state index in [1.54, 1.807) is 0 Å². The first-order valence-corrected chi connectivity index (χ1v) is 12.2. The molecule has 160 valence electrons. The molecule has 0 saturated carbocycles. The summed E-state index contributed by atoms with van der Waals surface area (Å²) in [5.41, 5.74) is 5.41. The summed E-state index contributed by atoms with van der Waals surface area (Å²) in [5, 5.41) is 10.7. The second kappa shape index (κ2) is 8.25. The van der Waals surface area contributed by atoms with Gasteiger partial charge in [-0.1, -0.05) is 26.0 Å². The van der Waals surface area contributed by atoms with E-state index in [9.17, 15) is 0 Å². The van der Waals surface area contributed by atoms with Crippen LogP contribution in [-0.4, -0.2) is 56.3 Å². The van der Waals surface area contributed by atoms with E-state index < -0.39 is 0 Å². The van der Waals surface area contributed by atoms with Crippen LogP contribution in [-0.2, 0) is 0 Å². The number of hydrogen-bond donors (Lipinski definition) is 3. The highest BCUT2D eigenvalue weighted by atomic mass is 32.1. The summed E-state index contributed by atoms with van der Waals surface area (Å²) in [5.74, 6) is 0. The van der Waals surface area contributed by atoms with Gasteiger partial charge in [-0.2, -0.15) is 0 Å². The van der Waals surface area contributed by atoms with Gasteiger partial charge in [0.15, 0.2) is 0 Å². The van der Waals surface area contributed by atoms with Crippen molar-refractivity contribution in [2.45, 2.75) is 38.9 Å². The molecule has 3 N–H and O–H groups in total. The largest absolute Gasteiger partial charge is 0.373 e. The third kappa shape index (κ3) is 3.41. The number of thiophene rings is 1. The molecule has 4 aliphatic heterocycles. The molecule has 6 rings (SSSR count). The van der Waals surface area contributed by atoms with Crippen LogP contribution in [0.2, 0.25) is 0 Å². The summed E-state index contributed by atoms with van der Waals surface area (Å²) in [6, 6.07) is 13.1. The van der Waals surface area contributed by atoms with Crippen LogP contribution in [0.15, 0.2) is 36.4 Å². The maximum absolute atomic E-state index is 3.78. The van der Waals surface area contributed by atoms with Gasteiger partial charge < -0.3 is 25.8 Å². The predicted molar refractivity (Wildman–Crippen MR) is 129 cm³/mol. The molecule has 2 aromatic rings. The Labute approximate surface area is 184 Å². The molecule has 1 aromatic heterocycles. The maximum atomic E-state index is 3.78. The van der Waals surface area contributed by atoms with Crippen LogP contribution in [0.5, 0.6) is 0 Å². The van der Waals surface area contributed by atoms with Crippen molar-refractivity contribution in [3.63, 3.8) is 0 Å². The number of anilines is 2. The van der Waals surface area contributed by atoms with E-state index >= 15 is 0 Å². The molecule has 5 heterocycles. The van der Waals surface area contributed by atoms with Crippen molar-refractivity contribution >= 4 is 28.4 Å². The molecule has 0 spiro atoms. The van der Waals surface area contributed by atoms with Crippen LogP contribution in [0, 0.1) is 6.92 Å². The van der Waals surface area contributed by atoms with Gasteiger partial charge in [0.1, 0.15) is 0 Å². The summed E-state index contributed by atoms with van der Waals surface area (Å²) >= 11 is 1.92. The fourth-order valence-corrected chi connectivity index (χ4v) is 5.88. The summed E-state index contributed by atoms with van der Waals surface area (Å²) in [7, 11) is 0. The fraction of sp³-hybridized carbons (Fsp3) is 0.500. The molecule has 0 bridgehead atoms. The second-order valence-corrected chi connectivity index (χ2v) is 9.59. The van der Waals surface area contributed by atoms with Crippen LogP contribution in [0.1, 0.15) is 35.2 Å². The van der Waals surface area contributed by atoms with Crippen molar-refractivity contribution < 1.29 is 0 Å². The highest BCUT2D eigenvalue weighted by Gasteiger charge is 2.47. The van der Waals surface area contributed by atoms with Crippen molar-refractivity contribution in [2.75, 3.05) is 49.5 Å². The average molecular weight is 424 g/mol. The number of rotatable bonds is 3. The molecule has 6 heteroatoms. The highest BCUT2D eigenvalue weighted by Crippen LogP contribution is 2.45. The van der Waals surface area contributed by atoms with Gasteiger partial charge in [-0.15, -0.1) is 11.3 Å². The molecular weight excluding hydrogens is 390 g/mol. The smallest absolute Gasteiger partial charge is 0.0736 e. The quantitative estimate of drug-likeness (QED) is 0.703. The van der Waals surface area contributed by atoms with Gasteiger partial charge in [0, 0.05) is 55.9 Å². The lowest BCUT2D eigenvalue weighted by Gasteiger charge is -2.58. The minimum atomic E-state index is 0.237. The van der Waals surface area contributed by atoms with Gasteiger partial charge in [0.25, 0.3) is 0 Å². The minimum Gasteiger partial charge on any atom is -0.373 e. The van der Waals surface area contributed by atoms with Gasteiger partial charge in [0.2, 0.25) is 0 Å². The predicted octanol–water partition coefficient (Wildman–Crippen LogP) is 3.66. The van der Waals surface area contributed by atoms with Crippen LogP contribution < -0.4 is 20.9 Å². The normalized spacial score (nSPS) is 26.8. The third-order valence-corrected chi connectivity index (χ3v) is 7.69. The lowest BCUT2D eigenvalue weighted by molar-refractivity contribution is 0.0348. The van der Waals surface area contributed by atoms with E-state index in [4.69, 9.17) is 0 Å². The average Bonchev–Trinajstić information content (AvgIpc) is 3.17. The van der Waals surface area contributed by atoms with Gasteiger partial charge in [-0.3, -0.25) is 0 Å². The van der Waals surface area contributed by atoms with Crippen molar-refractivity contribution in [1.82, 2.24) is 15.5 Å². The molecule has 0 amide bonds. The number of fused-ring (bicyclic) bond motifs is 2. The number of hydrogen-bond acceptors (Lipinski definition) is 6. The third-order valence-electron chi connectivity index (χ3n) is 6.61. The van der Waals surface area contributed by atoms with Crippen molar-refractivity contribution in [3.05, 3.63) is 51.7 Å². The van der Waals surface area contributed by atoms with E-state index in [1.807, 2.05) is 25.2 Å². The Hall–Kier alpha value is -2.02. The van der Waals surface area contributed by atoms with E-state index in [0.29, 0.717) is 12.1 Å². The van der Waals surface area contributed by atoms with Gasteiger partial charge in [-0.05, 0) is 36.8 Å². The zero-order valence-corrected chi connectivity index (χ0v) is 19.1. The molecule has 1 aromatic carbocycles. The topological polar surface area (TPSA) is 42.6 Å². The van der Waals surface area contributed by atoms with Crippen molar-refractivity contribution in [2.24, 2.45) is 0 Å². The van der Waals surface area contributed by atoms with E-state index in [0.717, 1.165) is 39.3 Å². The van der Waals surface area contributed by atoms with Gasteiger partial charge >= 0.3 is 0 Å². The lowest BCUT2D eigenvalue weighted by atomic mass is 9.86. The summed E-state index contributed by atoms with van der Waals surface area (Å²) in [4.78, 5) is 7.87. The number of aryl methyl sites for hydroxylation is 1. The zero-order chi connectivity index (χ0) is 20.7. The lowest BCUT2D eigenvalue weighted by Crippen LogP contribution is -2.76. The number of nitrogens with zero attached hydrogens (tertiary/aromatic N) is 2. The maximum Gasteiger partial charge on any atom is 0.0736 e. The number of likely N-dealkylation sites (tertiary alicyclic amines) is 1. The molecular formula is C24H33N5S. The Morgan fingerprint density at radius 1 is 1.07 bits per heavy atom. The van der Waals surface area contributed by atoms with E-state index in [2.05, 4.69) is 69.1 Å². The van der Waals surface area contributed by atoms with E-state index in [-0.39, 0.29) is 6.04 Å². The molecule has 0 radical (unpaired) electrons. The first-order chi connectivity index (χ1) is 14.8. The summed E-state index contributed by atoms with van der Waals surface area (Å²) in [6.45, 7) is 12.8. The molecule has 3 saturated heterocycles.